The lowest BCUT2D eigenvalue weighted by molar-refractivity contribution is -0.328. The molecule has 5 saturated heterocycles. The van der Waals surface area contributed by atoms with E-state index in [9.17, 15) is 25.2 Å². The fraction of sp³-hybridized carbons (Fsp3) is 0.630. The van der Waals surface area contributed by atoms with Crippen LogP contribution >= 0.6 is 0 Å². The predicted molar refractivity (Wildman–Crippen MR) is 129 cm³/mol. The molecule has 0 amide bonds. The third kappa shape index (κ3) is 2.95. The number of ether oxygens (including phenoxy) is 3. The monoisotopic (exact) mass is 512 g/mol. The molecular weight excluding hydrogens is 480 g/mol. The van der Waals surface area contributed by atoms with E-state index in [-0.39, 0.29) is 36.0 Å². The quantitative estimate of drug-likeness (QED) is 0.327. The molecule has 12 unspecified atom stereocenters. The van der Waals surface area contributed by atoms with E-state index in [1.54, 1.807) is 0 Å². The van der Waals surface area contributed by atoms with Crippen molar-refractivity contribution < 1.29 is 39.4 Å². The van der Waals surface area contributed by atoms with E-state index >= 15 is 0 Å². The summed E-state index contributed by atoms with van der Waals surface area (Å²) >= 11 is 0. The molecule has 4 N–H and O–H groups in total. The molecule has 37 heavy (non-hydrogen) atoms. The fourth-order valence-electron chi connectivity index (χ4n) is 8.32. The summed E-state index contributed by atoms with van der Waals surface area (Å²) in [7, 11) is 0. The highest BCUT2D eigenvalue weighted by Crippen LogP contribution is 2.67. The third-order valence-corrected chi connectivity index (χ3v) is 9.62. The first-order chi connectivity index (χ1) is 17.8. The average Bonchev–Trinajstić information content (AvgIpc) is 3.36. The molecule has 7 aliphatic rings. The molecule has 8 rings (SSSR count). The van der Waals surface area contributed by atoms with Gasteiger partial charge in [0.1, 0.15) is 36.7 Å². The van der Waals surface area contributed by atoms with Crippen LogP contribution in [0.5, 0.6) is 0 Å². The number of rotatable bonds is 4. The highest BCUT2D eigenvalue weighted by atomic mass is 16.7. The highest BCUT2D eigenvalue weighted by Gasteiger charge is 2.75. The topological polar surface area (TPSA) is 141 Å². The number of para-hydroxylation sites is 1. The van der Waals surface area contributed by atoms with Gasteiger partial charge < -0.3 is 34.6 Å². The van der Waals surface area contributed by atoms with Crippen LogP contribution in [0.2, 0.25) is 0 Å². The smallest absolute Gasteiger partial charge is 0.302 e. The van der Waals surface area contributed by atoms with Gasteiger partial charge in [0.2, 0.25) is 0 Å². The molecule has 13 atom stereocenters. The SMILES string of the molecule is CC=C1C2CC3C4=Nc5ccccc5[C@]45CC(C2C5OC(C)=O)N3C1OC1OC(CO)C(O)C(O)C1O. The van der Waals surface area contributed by atoms with Gasteiger partial charge >= 0.3 is 5.97 Å². The molecule has 1 spiro atoms. The van der Waals surface area contributed by atoms with E-state index < -0.39 is 49.0 Å². The number of allylic oxidation sites excluding steroid dienone is 1. The summed E-state index contributed by atoms with van der Waals surface area (Å²) in [5, 5.41) is 40.9. The number of piperidine rings is 4. The van der Waals surface area contributed by atoms with Gasteiger partial charge in [0.25, 0.3) is 0 Å². The largest absolute Gasteiger partial charge is 0.461 e. The van der Waals surface area contributed by atoms with E-state index in [0.717, 1.165) is 35.4 Å². The second-order valence-corrected chi connectivity index (χ2v) is 11.1. The molecule has 0 radical (unpaired) electrons. The van der Waals surface area contributed by atoms with Gasteiger partial charge in [-0.15, -0.1) is 0 Å². The first-order valence-electron chi connectivity index (χ1n) is 13.1. The summed E-state index contributed by atoms with van der Waals surface area (Å²) in [5.41, 5.74) is 3.57. The molecule has 6 aliphatic heterocycles. The van der Waals surface area contributed by atoms with Gasteiger partial charge in [-0.2, -0.15) is 0 Å². The molecule has 6 heterocycles. The zero-order valence-electron chi connectivity index (χ0n) is 20.7. The molecule has 1 aliphatic carbocycles. The van der Waals surface area contributed by atoms with Crippen LogP contribution in [0.25, 0.3) is 0 Å². The van der Waals surface area contributed by atoms with Crippen LogP contribution < -0.4 is 0 Å². The fourth-order valence-corrected chi connectivity index (χ4v) is 8.32. The highest BCUT2D eigenvalue weighted by molar-refractivity contribution is 6.08. The Kier molecular flexibility index (Phi) is 5.27. The first kappa shape index (κ1) is 23.9. The number of aliphatic hydroxyl groups is 4. The maximum absolute atomic E-state index is 12.4. The van der Waals surface area contributed by atoms with Crippen LogP contribution in [-0.2, 0) is 24.4 Å². The molecule has 198 valence electrons. The van der Waals surface area contributed by atoms with E-state index in [1.807, 2.05) is 31.2 Å². The number of benzene rings is 1. The van der Waals surface area contributed by atoms with Crippen molar-refractivity contribution in [1.82, 2.24) is 4.90 Å². The van der Waals surface area contributed by atoms with Crippen molar-refractivity contribution in [2.45, 2.75) is 87.2 Å². The lowest BCUT2D eigenvalue weighted by Crippen LogP contribution is -2.70. The van der Waals surface area contributed by atoms with Crippen molar-refractivity contribution >= 4 is 17.4 Å². The Labute approximate surface area is 214 Å². The zero-order chi connectivity index (χ0) is 25.8. The minimum Gasteiger partial charge on any atom is -0.461 e. The van der Waals surface area contributed by atoms with E-state index in [4.69, 9.17) is 19.2 Å². The molecule has 10 heteroatoms. The lowest BCUT2D eigenvalue weighted by Gasteiger charge is -2.59. The minimum absolute atomic E-state index is 0.0495. The van der Waals surface area contributed by atoms with Gasteiger partial charge in [0.15, 0.2) is 6.29 Å². The Morgan fingerprint density at radius 3 is 2.76 bits per heavy atom. The Bertz CT molecular complexity index is 1200. The molecule has 1 aromatic carbocycles. The summed E-state index contributed by atoms with van der Waals surface area (Å²) in [6, 6.07) is 8.10. The molecule has 1 saturated carbocycles. The normalized spacial score (nSPS) is 49.7. The van der Waals surface area contributed by atoms with E-state index in [0.29, 0.717) is 0 Å². The zero-order valence-corrected chi connectivity index (χ0v) is 20.7. The summed E-state index contributed by atoms with van der Waals surface area (Å²) in [6.45, 7) is 2.89. The van der Waals surface area contributed by atoms with Crippen LogP contribution in [-0.4, -0.2) is 98.7 Å². The minimum atomic E-state index is -1.52. The van der Waals surface area contributed by atoms with Gasteiger partial charge in [-0.05, 0) is 42.9 Å². The first-order valence-corrected chi connectivity index (χ1v) is 13.1. The molecule has 5 bridgehead atoms. The van der Waals surface area contributed by atoms with Gasteiger partial charge in [-0.3, -0.25) is 14.7 Å². The van der Waals surface area contributed by atoms with Gasteiger partial charge in [0.05, 0.1) is 29.5 Å². The summed E-state index contributed by atoms with van der Waals surface area (Å²) in [6.07, 6.45) is -4.07. The number of carbonyl (C=O) groups is 1. The van der Waals surface area contributed by atoms with Crippen molar-refractivity contribution in [2.24, 2.45) is 16.8 Å². The molecule has 0 aromatic heterocycles. The number of aliphatic imine (C=N–C) groups is 1. The maximum atomic E-state index is 12.4. The number of fused-ring (bicyclic) bond motifs is 2. The lowest BCUT2D eigenvalue weighted by atomic mass is 9.66. The summed E-state index contributed by atoms with van der Waals surface area (Å²) in [5.74, 6) is -0.176. The van der Waals surface area contributed by atoms with Crippen LogP contribution in [0.1, 0.15) is 32.3 Å². The Balaban J connectivity index is 1.30. The van der Waals surface area contributed by atoms with Crippen molar-refractivity contribution in [3.05, 3.63) is 41.5 Å². The number of aliphatic hydroxyl groups excluding tert-OH is 4. The van der Waals surface area contributed by atoms with E-state index in [1.165, 1.54) is 6.92 Å². The Hall–Kier alpha value is -2.18. The third-order valence-electron chi connectivity index (χ3n) is 9.62. The number of hydrogen-bond donors (Lipinski definition) is 4. The van der Waals surface area contributed by atoms with Crippen LogP contribution in [0.3, 0.4) is 0 Å². The van der Waals surface area contributed by atoms with Crippen LogP contribution in [0.4, 0.5) is 5.69 Å². The van der Waals surface area contributed by atoms with Gasteiger partial charge in [0, 0.05) is 18.9 Å². The number of esters is 1. The average molecular weight is 513 g/mol. The number of hydrogen-bond acceptors (Lipinski definition) is 10. The Morgan fingerprint density at radius 2 is 2.03 bits per heavy atom. The van der Waals surface area contributed by atoms with Crippen molar-refractivity contribution in [3.8, 4) is 0 Å². The maximum Gasteiger partial charge on any atom is 0.302 e. The van der Waals surface area contributed by atoms with Crippen molar-refractivity contribution in [3.63, 3.8) is 0 Å². The summed E-state index contributed by atoms with van der Waals surface area (Å²) in [4.78, 5) is 19.8. The van der Waals surface area contributed by atoms with Crippen molar-refractivity contribution in [2.75, 3.05) is 6.61 Å². The second kappa shape index (κ2) is 8.16. The van der Waals surface area contributed by atoms with Gasteiger partial charge in [-0.1, -0.05) is 24.3 Å². The molecular formula is C27H32N2O8. The molecule has 10 nitrogen and oxygen atoms in total. The number of nitrogens with zero attached hydrogens (tertiary/aromatic N) is 2. The molecule has 6 fully saturated rings. The summed E-state index contributed by atoms with van der Waals surface area (Å²) < 4.78 is 18.3. The molecule has 1 aromatic rings. The predicted octanol–water partition coefficient (Wildman–Crippen LogP) is 0.137. The van der Waals surface area contributed by atoms with Crippen LogP contribution in [0, 0.1) is 11.8 Å². The standard InChI is InChI=1S/C27H32N2O8/c1-3-12-13-8-16-23-27(14-6-4-5-7-15(14)28-23)9-17(19(13)24(27)35-11(2)31)29(16)25(12)37-26-22(34)21(33)20(32)18(10-30)36-26/h3-7,13,16-22,24-26,30,32-34H,8-10H2,1-2H3/t13?,16?,17?,18?,19?,20?,21?,22?,24?,25?,26?,27-/m1/s1. The second-order valence-electron chi connectivity index (χ2n) is 11.1. The number of carbonyl (C=O) groups excluding carboxylic acids is 1. The van der Waals surface area contributed by atoms with Gasteiger partial charge in [-0.25, -0.2) is 0 Å². The Morgan fingerprint density at radius 1 is 1.24 bits per heavy atom. The van der Waals surface area contributed by atoms with E-state index in [2.05, 4.69) is 11.0 Å². The van der Waals surface area contributed by atoms with Crippen LogP contribution in [0.15, 0.2) is 40.9 Å². The van der Waals surface area contributed by atoms with Crippen molar-refractivity contribution in [1.29, 1.82) is 0 Å².